The normalized spacial score (nSPS) is 29.0. The van der Waals surface area contributed by atoms with Crippen molar-refractivity contribution in [3.8, 4) is 0 Å². The molecule has 1 aliphatic carbocycles. The summed E-state index contributed by atoms with van der Waals surface area (Å²) in [4.78, 5) is 31.1. The topological polar surface area (TPSA) is 83.6 Å². The number of rotatable bonds is 3. The molecule has 1 saturated carbocycles. The molecule has 4 rings (SSSR count). The van der Waals surface area contributed by atoms with Gasteiger partial charge in [0, 0.05) is 49.2 Å². The molecule has 3 atom stereocenters. The number of aromatic nitrogens is 1. The molecule has 3 aliphatic rings. The zero-order valence-corrected chi connectivity index (χ0v) is 17.0. The van der Waals surface area contributed by atoms with Crippen LogP contribution in [0.25, 0.3) is 0 Å². The molecule has 3 fully saturated rings. The Morgan fingerprint density at radius 3 is 2.68 bits per heavy atom. The van der Waals surface area contributed by atoms with Crippen LogP contribution >= 0.6 is 11.6 Å². The standard InChI is InChI=1S/C20H27ClN4O3/c1-20(2)16(14-7-10-28-17(14)20)24-19(27)25-8-5-12(6-9-25)18(26)23-15-4-3-13(21)11-22-15/h3-4,11-12,14,16-17H,5-10H2,1-2H3,(H,24,27)(H,22,23,26)/t14-,16+,17-/m0/s1. The zero-order chi connectivity index (χ0) is 19.9. The van der Waals surface area contributed by atoms with Gasteiger partial charge >= 0.3 is 6.03 Å². The molecule has 2 aliphatic heterocycles. The maximum Gasteiger partial charge on any atom is 0.317 e. The van der Waals surface area contributed by atoms with Crippen LogP contribution in [0.1, 0.15) is 33.1 Å². The Labute approximate surface area is 170 Å². The number of hydrogen-bond donors (Lipinski definition) is 2. The molecular formula is C20H27ClN4O3. The average Bonchev–Trinajstić information content (AvgIpc) is 3.15. The number of ether oxygens (including phenoxy) is 1. The summed E-state index contributed by atoms with van der Waals surface area (Å²) in [6.45, 7) is 6.26. The summed E-state index contributed by atoms with van der Waals surface area (Å²) in [5, 5.41) is 6.58. The molecule has 0 radical (unpaired) electrons. The number of carbonyl (C=O) groups excluding carboxylic acids is 2. The summed E-state index contributed by atoms with van der Waals surface area (Å²) in [5.41, 5.74) is -0.0272. The number of nitrogens with zero attached hydrogens (tertiary/aromatic N) is 2. The van der Waals surface area contributed by atoms with E-state index in [2.05, 4.69) is 29.5 Å². The number of amides is 3. The van der Waals surface area contributed by atoms with Crippen molar-refractivity contribution in [1.82, 2.24) is 15.2 Å². The average molecular weight is 407 g/mol. The quantitative estimate of drug-likeness (QED) is 0.808. The summed E-state index contributed by atoms with van der Waals surface area (Å²) in [7, 11) is 0. The SMILES string of the molecule is CC1(C)[C@H](NC(=O)N2CCC(C(=O)Nc3ccc(Cl)cn3)CC2)[C@@H]2CCO[C@@H]21. The summed E-state index contributed by atoms with van der Waals surface area (Å²) in [6.07, 6.45) is 4.08. The van der Waals surface area contributed by atoms with Gasteiger partial charge in [0.2, 0.25) is 5.91 Å². The van der Waals surface area contributed by atoms with Gasteiger partial charge in [-0.1, -0.05) is 25.4 Å². The lowest BCUT2D eigenvalue weighted by Gasteiger charge is -2.54. The van der Waals surface area contributed by atoms with E-state index in [1.807, 2.05) is 4.90 Å². The van der Waals surface area contributed by atoms with Crippen molar-refractivity contribution >= 4 is 29.4 Å². The molecule has 7 nitrogen and oxygen atoms in total. The second-order valence-corrected chi connectivity index (χ2v) is 9.04. The maximum atomic E-state index is 12.7. The van der Waals surface area contributed by atoms with E-state index in [9.17, 15) is 9.59 Å². The molecule has 1 aromatic rings. The Kier molecular flexibility index (Phi) is 5.22. The smallest absolute Gasteiger partial charge is 0.317 e. The first-order valence-electron chi connectivity index (χ1n) is 9.95. The first kappa shape index (κ1) is 19.5. The van der Waals surface area contributed by atoms with Gasteiger partial charge in [0.25, 0.3) is 0 Å². The van der Waals surface area contributed by atoms with Gasteiger partial charge in [-0.2, -0.15) is 0 Å². The molecule has 3 heterocycles. The van der Waals surface area contributed by atoms with Crippen LogP contribution in [0, 0.1) is 17.3 Å². The zero-order valence-electron chi connectivity index (χ0n) is 16.3. The van der Waals surface area contributed by atoms with Gasteiger partial charge in [-0.05, 0) is 31.4 Å². The first-order valence-corrected chi connectivity index (χ1v) is 10.3. The fourth-order valence-electron chi connectivity index (χ4n) is 4.86. The number of anilines is 1. The first-order chi connectivity index (χ1) is 13.4. The van der Waals surface area contributed by atoms with Crippen LogP contribution in [0.5, 0.6) is 0 Å². The van der Waals surface area contributed by atoms with Crippen LogP contribution in [-0.2, 0) is 9.53 Å². The second-order valence-electron chi connectivity index (χ2n) is 8.60. The number of piperidine rings is 1. The largest absolute Gasteiger partial charge is 0.377 e. The van der Waals surface area contributed by atoms with Crippen LogP contribution in [0.15, 0.2) is 18.3 Å². The van der Waals surface area contributed by atoms with Crippen molar-refractivity contribution in [1.29, 1.82) is 0 Å². The maximum absolute atomic E-state index is 12.7. The van der Waals surface area contributed by atoms with Crippen LogP contribution < -0.4 is 10.6 Å². The molecule has 1 aromatic heterocycles. The van der Waals surface area contributed by atoms with E-state index in [4.69, 9.17) is 16.3 Å². The molecule has 0 spiro atoms. The number of hydrogen-bond acceptors (Lipinski definition) is 4. The van der Waals surface area contributed by atoms with Crippen molar-refractivity contribution in [3.63, 3.8) is 0 Å². The minimum absolute atomic E-state index is 0.0262. The molecule has 28 heavy (non-hydrogen) atoms. The highest BCUT2D eigenvalue weighted by atomic mass is 35.5. The molecule has 0 bridgehead atoms. The van der Waals surface area contributed by atoms with E-state index in [0.29, 0.717) is 42.7 Å². The number of pyridine rings is 1. The Hall–Kier alpha value is -1.86. The van der Waals surface area contributed by atoms with E-state index in [1.165, 1.54) is 6.20 Å². The van der Waals surface area contributed by atoms with Crippen molar-refractivity contribution in [3.05, 3.63) is 23.4 Å². The van der Waals surface area contributed by atoms with Gasteiger partial charge in [-0.15, -0.1) is 0 Å². The van der Waals surface area contributed by atoms with Gasteiger partial charge in [0.05, 0.1) is 11.1 Å². The Bertz CT molecular complexity index is 746. The molecule has 2 saturated heterocycles. The van der Waals surface area contributed by atoms with Crippen LogP contribution in [0.2, 0.25) is 5.02 Å². The third-order valence-corrected chi connectivity index (χ3v) is 6.73. The number of fused-ring (bicyclic) bond motifs is 1. The lowest BCUT2D eigenvalue weighted by molar-refractivity contribution is -0.121. The second kappa shape index (κ2) is 7.52. The van der Waals surface area contributed by atoms with Crippen molar-refractivity contribution < 1.29 is 14.3 Å². The third-order valence-electron chi connectivity index (χ3n) is 6.51. The number of likely N-dealkylation sites (tertiary alicyclic amines) is 1. The van der Waals surface area contributed by atoms with Gasteiger partial charge in [0.1, 0.15) is 5.82 Å². The predicted molar refractivity (Wildman–Crippen MR) is 106 cm³/mol. The van der Waals surface area contributed by atoms with Crippen molar-refractivity contribution in [2.45, 2.75) is 45.3 Å². The van der Waals surface area contributed by atoms with E-state index in [0.717, 1.165) is 13.0 Å². The highest BCUT2D eigenvalue weighted by molar-refractivity contribution is 6.30. The summed E-state index contributed by atoms with van der Waals surface area (Å²) < 4.78 is 5.80. The van der Waals surface area contributed by atoms with Crippen molar-refractivity contribution in [2.24, 2.45) is 17.3 Å². The fourth-order valence-corrected chi connectivity index (χ4v) is 4.98. The van der Waals surface area contributed by atoms with E-state index in [-0.39, 0.29) is 35.4 Å². The number of carbonyl (C=O) groups is 2. The monoisotopic (exact) mass is 406 g/mol. The predicted octanol–water partition coefficient (Wildman–Crippen LogP) is 2.91. The third kappa shape index (κ3) is 3.57. The minimum Gasteiger partial charge on any atom is -0.377 e. The Morgan fingerprint density at radius 2 is 2.00 bits per heavy atom. The molecule has 8 heteroatoms. The van der Waals surface area contributed by atoms with Gasteiger partial charge < -0.3 is 20.3 Å². The number of urea groups is 1. The Morgan fingerprint density at radius 1 is 1.25 bits per heavy atom. The fraction of sp³-hybridized carbons (Fsp3) is 0.650. The van der Waals surface area contributed by atoms with Crippen LogP contribution in [0.3, 0.4) is 0 Å². The number of halogens is 1. The Balaban J connectivity index is 1.26. The van der Waals surface area contributed by atoms with E-state index >= 15 is 0 Å². The van der Waals surface area contributed by atoms with Crippen molar-refractivity contribution in [2.75, 3.05) is 25.0 Å². The molecule has 0 unspecified atom stereocenters. The summed E-state index contributed by atoms with van der Waals surface area (Å²) >= 11 is 5.81. The summed E-state index contributed by atoms with van der Waals surface area (Å²) in [6, 6.07) is 3.51. The van der Waals surface area contributed by atoms with E-state index < -0.39 is 0 Å². The van der Waals surface area contributed by atoms with Crippen LogP contribution in [-0.4, -0.2) is 53.7 Å². The highest BCUT2D eigenvalue weighted by Gasteiger charge is 2.60. The molecule has 3 amide bonds. The minimum atomic E-state index is -0.116. The van der Waals surface area contributed by atoms with Gasteiger partial charge in [-0.25, -0.2) is 9.78 Å². The molecule has 0 aromatic carbocycles. The van der Waals surface area contributed by atoms with Gasteiger partial charge in [-0.3, -0.25) is 4.79 Å². The van der Waals surface area contributed by atoms with E-state index in [1.54, 1.807) is 12.1 Å². The van der Waals surface area contributed by atoms with Gasteiger partial charge in [0.15, 0.2) is 0 Å². The lowest BCUT2D eigenvalue weighted by atomic mass is 9.57. The van der Waals surface area contributed by atoms with Crippen LogP contribution in [0.4, 0.5) is 10.6 Å². The lowest BCUT2D eigenvalue weighted by Crippen LogP contribution is -2.68. The molecular weight excluding hydrogens is 380 g/mol. The number of nitrogens with one attached hydrogen (secondary N) is 2. The molecule has 2 N–H and O–H groups in total. The highest BCUT2D eigenvalue weighted by Crippen LogP contribution is 2.52. The summed E-state index contributed by atoms with van der Waals surface area (Å²) in [5.74, 6) is 0.750. The molecule has 152 valence electrons.